The Morgan fingerprint density at radius 3 is 2.52 bits per heavy atom. The van der Waals surface area contributed by atoms with E-state index >= 15 is 0 Å². The van der Waals surface area contributed by atoms with Gasteiger partial charge in [0.05, 0.1) is 0 Å². The van der Waals surface area contributed by atoms with Gasteiger partial charge in [-0.15, -0.1) is 0 Å². The van der Waals surface area contributed by atoms with Crippen molar-refractivity contribution in [3.63, 3.8) is 0 Å². The molecule has 0 aromatic heterocycles. The third-order valence-electron chi connectivity index (χ3n) is 4.99. The number of carbonyl (C=O) groups is 3. The van der Waals surface area contributed by atoms with Crippen LogP contribution in [0.25, 0.3) is 0 Å². The topological polar surface area (TPSA) is 69.7 Å². The Kier molecular flexibility index (Phi) is 4.49. The van der Waals surface area contributed by atoms with E-state index in [4.69, 9.17) is 0 Å². The van der Waals surface area contributed by atoms with Crippen LogP contribution in [0.2, 0.25) is 0 Å². The van der Waals surface area contributed by atoms with Crippen LogP contribution in [0, 0.1) is 11.7 Å². The predicted molar refractivity (Wildman–Crippen MR) is 89.0 cm³/mol. The second kappa shape index (κ2) is 6.46. The molecule has 4 amide bonds. The van der Waals surface area contributed by atoms with Gasteiger partial charge in [0.25, 0.3) is 5.91 Å². The molecule has 0 spiro atoms. The normalized spacial score (nSPS) is 22.9. The highest BCUT2D eigenvalue weighted by Crippen LogP contribution is 2.33. The molecule has 1 heterocycles. The van der Waals surface area contributed by atoms with E-state index in [0.717, 1.165) is 17.7 Å². The third-order valence-corrected chi connectivity index (χ3v) is 4.99. The van der Waals surface area contributed by atoms with Gasteiger partial charge in [0.2, 0.25) is 5.91 Å². The lowest BCUT2D eigenvalue weighted by atomic mass is 9.87. The van der Waals surface area contributed by atoms with E-state index in [2.05, 4.69) is 5.32 Å². The van der Waals surface area contributed by atoms with Crippen molar-refractivity contribution in [3.8, 4) is 0 Å². The minimum absolute atomic E-state index is 0.263. The molecule has 2 fully saturated rings. The molecule has 2 aliphatic rings. The van der Waals surface area contributed by atoms with Gasteiger partial charge in [0, 0.05) is 13.6 Å². The maximum Gasteiger partial charge on any atom is 0.325 e. The minimum Gasteiger partial charge on any atom is -0.344 e. The summed E-state index contributed by atoms with van der Waals surface area (Å²) in [6.45, 7) is 2.14. The summed E-state index contributed by atoms with van der Waals surface area (Å²) in [5.74, 6) is -0.618. The quantitative estimate of drug-likeness (QED) is 0.799. The standard InChI is InChI=1S/C18H22FN3O3/c1-3-18(13-6-8-14(19)9-7-13)16(24)22(17(25)20-18)11-15(23)21(2)10-12-4-5-12/h6-9,12H,3-5,10-11H2,1-2H3,(H,20,25)/t18-/m0/s1. The van der Waals surface area contributed by atoms with Crippen LogP contribution in [0.15, 0.2) is 24.3 Å². The van der Waals surface area contributed by atoms with E-state index < -0.39 is 23.3 Å². The number of halogens is 1. The highest BCUT2D eigenvalue weighted by atomic mass is 19.1. The Morgan fingerprint density at radius 2 is 1.96 bits per heavy atom. The molecule has 25 heavy (non-hydrogen) atoms. The summed E-state index contributed by atoms with van der Waals surface area (Å²) in [6.07, 6.45) is 2.54. The van der Waals surface area contributed by atoms with Crippen molar-refractivity contribution < 1.29 is 18.8 Å². The highest BCUT2D eigenvalue weighted by molar-refractivity contribution is 6.09. The van der Waals surface area contributed by atoms with Crippen LogP contribution in [0.4, 0.5) is 9.18 Å². The fourth-order valence-electron chi connectivity index (χ4n) is 3.19. The van der Waals surface area contributed by atoms with Crippen LogP contribution in [-0.2, 0) is 15.1 Å². The molecule has 1 atom stereocenters. The largest absolute Gasteiger partial charge is 0.344 e. The molecule has 1 N–H and O–H groups in total. The molecule has 7 heteroatoms. The van der Waals surface area contributed by atoms with Crippen LogP contribution in [-0.4, -0.2) is 47.8 Å². The Hall–Kier alpha value is -2.44. The zero-order valence-corrected chi connectivity index (χ0v) is 14.4. The summed E-state index contributed by atoms with van der Waals surface area (Å²) >= 11 is 0. The maximum absolute atomic E-state index is 13.2. The van der Waals surface area contributed by atoms with Gasteiger partial charge >= 0.3 is 6.03 Å². The van der Waals surface area contributed by atoms with Crippen molar-refractivity contribution in [3.05, 3.63) is 35.6 Å². The average molecular weight is 347 g/mol. The van der Waals surface area contributed by atoms with Crippen molar-refractivity contribution in [2.45, 2.75) is 31.7 Å². The molecular formula is C18H22FN3O3. The molecular weight excluding hydrogens is 325 g/mol. The fourth-order valence-corrected chi connectivity index (χ4v) is 3.19. The Morgan fingerprint density at radius 1 is 1.32 bits per heavy atom. The Balaban J connectivity index is 1.78. The Bertz CT molecular complexity index is 702. The molecule has 0 radical (unpaired) electrons. The molecule has 1 saturated carbocycles. The zero-order chi connectivity index (χ0) is 18.2. The number of hydrogen-bond donors (Lipinski definition) is 1. The maximum atomic E-state index is 13.2. The van der Waals surface area contributed by atoms with Gasteiger partial charge in [-0.25, -0.2) is 9.18 Å². The molecule has 134 valence electrons. The monoisotopic (exact) mass is 347 g/mol. The first-order valence-corrected chi connectivity index (χ1v) is 8.51. The first-order valence-electron chi connectivity index (χ1n) is 8.51. The number of benzene rings is 1. The van der Waals surface area contributed by atoms with E-state index in [1.165, 1.54) is 24.3 Å². The molecule has 1 aromatic carbocycles. The summed E-state index contributed by atoms with van der Waals surface area (Å²) in [5.41, 5.74) is -0.740. The van der Waals surface area contributed by atoms with E-state index in [-0.39, 0.29) is 12.5 Å². The summed E-state index contributed by atoms with van der Waals surface area (Å²) < 4.78 is 13.2. The fraction of sp³-hybridized carbons (Fsp3) is 0.500. The van der Waals surface area contributed by atoms with Gasteiger partial charge in [-0.2, -0.15) is 0 Å². The lowest BCUT2D eigenvalue weighted by Crippen LogP contribution is -2.45. The lowest BCUT2D eigenvalue weighted by molar-refractivity contribution is -0.138. The molecule has 1 aromatic rings. The van der Waals surface area contributed by atoms with E-state index in [1.54, 1.807) is 18.9 Å². The number of likely N-dealkylation sites (N-methyl/N-ethyl adjacent to an activating group) is 1. The molecule has 6 nitrogen and oxygen atoms in total. The van der Waals surface area contributed by atoms with Crippen molar-refractivity contribution in [1.82, 2.24) is 15.1 Å². The molecule has 0 unspecified atom stereocenters. The first kappa shape index (κ1) is 17.4. The summed E-state index contributed by atoms with van der Waals surface area (Å²) in [7, 11) is 1.69. The number of carbonyl (C=O) groups excluding carboxylic acids is 3. The van der Waals surface area contributed by atoms with Crippen LogP contribution in [0.3, 0.4) is 0 Å². The summed E-state index contributed by atoms with van der Waals surface area (Å²) in [4.78, 5) is 40.1. The number of amides is 4. The van der Waals surface area contributed by atoms with Gasteiger partial charge in [0.15, 0.2) is 0 Å². The van der Waals surface area contributed by atoms with Gasteiger partial charge in [-0.05, 0) is 42.9 Å². The summed E-state index contributed by atoms with van der Waals surface area (Å²) in [5, 5.41) is 2.69. The lowest BCUT2D eigenvalue weighted by Gasteiger charge is -2.26. The van der Waals surface area contributed by atoms with Gasteiger partial charge in [-0.3, -0.25) is 14.5 Å². The Labute approximate surface area is 146 Å². The second-order valence-electron chi connectivity index (χ2n) is 6.80. The van der Waals surface area contributed by atoms with E-state index in [0.29, 0.717) is 24.4 Å². The number of imide groups is 1. The van der Waals surface area contributed by atoms with Crippen molar-refractivity contribution in [2.75, 3.05) is 20.1 Å². The number of hydrogen-bond acceptors (Lipinski definition) is 3. The van der Waals surface area contributed by atoms with Crippen molar-refractivity contribution in [2.24, 2.45) is 5.92 Å². The predicted octanol–water partition coefficient (Wildman–Crippen LogP) is 1.85. The summed E-state index contributed by atoms with van der Waals surface area (Å²) in [6, 6.07) is 4.89. The smallest absolute Gasteiger partial charge is 0.325 e. The average Bonchev–Trinajstić information content (AvgIpc) is 3.37. The molecule has 0 bridgehead atoms. The van der Waals surface area contributed by atoms with Crippen LogP contribution in [0.5, 0.6) is 0 Å². The SMILES string of the molecule is CC[C@@]1(c2ccc(F)cc2)NC(=O)N(CC(=O)N(C)CC2CC2)C1=O. The zero-order valence-electron chi connectivity index (χ0n) is 14.4. The van der Waals surface area contributed by atoms with E-state index in [1.807, 2.05) is 0 Å². The molecule has 3 rings (SSSR count). The minimum atomic E-state index is -1.25. The van der Waals surface area contributed by atoms with Crippen LogP contribution >= 0.6 is 0 Å². The van der Waals surface area contributed by atoms with Gasteiger partial charge < -0.3 is 10.2 Å². The van der Waals surface area contributed by atoms with Crippen molar-refractivity contribution in [1.29, 1.82) is 0 Å². The third kappa shape index (κ3) is 3.23. The van der Waals surface area contributed by atoms with Gasteiger partial charge in [0.1, 0.15) is 17.9 Å². The number of rotatable bonds is 6. The molecule has 1 aliphatic carbocycles. The number of nitrogens with zero attached hydrogens (tertiary/aromatic N) is 2. The number of nitrogens with one attached hydrogen (secondary N) is 1. The highest BCUT2D eigenvalue weighted by Gasteiger charge is 2.51. The van der Waals surface area contributed by atoms with Crippen LogP contribution < -0.4 is 5.32 Å². The van der Waals surface area contributed by atoms with Crippen LogP contribution in [0.1, 0.15) is 31.7 Å². The molecule has 1 saturated heterocycles. The number of urea groups is 1. The first-order chi connectivity index (χ1) is 11.9. The van der Waals surface area contributed by atoms with Crippen molar-refractivity contribution >= 4 is 17.8 Å². The second-order valence-corrected chi connectivity index (χ2v) is 6.80. The molecule has 1 aliphatic heterocycles. The van der Waals surface area contributed by atoms with Gasteiger partial charge in [-0.1, -0.05) is 19.1 Å². The van der Waals surface area contributed by atoms with E-state index in [9.17, 15) is 18.8 Å².